The Kier molecular flexibility index (Phi) is 7.41. The second-order valence-electron chi connectivity index (χ2n) is 9.29. The maximum atomic E-state index is 13.9. The first-order chi connectivity index (χ1) is 16.6. The van der Waals surface area contributed by atoms with E-state index in [1.807, 2.05) is 4.90 Å². The Morgan fingerprint density at radius 3 is 2.60 bits per heavy atom. The first-order valence-electron chi connectivity index (χ1n) is 11.7. The van der Waals surface area contributed by atoms with Crippen molar-refractivity contribution >= 4 is 21.8 Å². The van der Waals surface area contributed by atoms with Gasteiger partial charge in [-0.15, -0.1) is 6.58 Å². The summed E-state index contributed by atoms with van der Waals surface area (Å²) >= 11 is 0. The van der Waals surface area contributed by atoms with Crippen LogP contribution in [0.15, 0.2) is 35.9 Å². The van der Waals surface area contributed by atoms with E-state index in [0.717, 1.165) is 25.1 Å². The van der Waals surface area contributed by atoms with Crippen molar-refractivity contribution in [1.29, 1.82) is 0 Å². The topological polar surface area (TPSA) is 109 Å². The van der Waals surface area contributed by atoms with Crippen LogP contribution in [0.2, 0.25) is 0 Å². The second kappa shape index (κ2) is 10.2. The average molecular weight is 513 g/mol. The molecular formula is C23H30F2N4O5S. The highest BCUT2D eigenvalue weighted by atomic mass is 32.2. The van der Waals surface area contributed by atoms with Crippen molar-refractivity contribution in [1.82, 2.24) is 20.1 Å². The fourth-order valence-electron chi connectivity index (χ4n) is 4.84. The van der Waals surface area contributed by atoms with Gasteiger partial charge in [0.15, 0.2) is 0 Å². The number of nitrogens with zero attached hydrogens (tertiary/aromatic N) is 3. The highest BCUT2D eigenvalue weighted by molar-refractivity contribution is 7.92. The quantitative estimate of drug-likeness (QED) is 0.584. The number of carbonyl (C=O) groups is 2. The summed E-state index contributed by atoms with van der Waals surface area (Å²) in [6.07, 6.45) is 3.61. The summed E-state index contributed by atoms with van der Waals surface area (Å²) in [6, 6.07) is 2.42. The predicted octanol–water partition coefficient (Wildman–Crippen LogP) is 1.99. The van der Waals surface area contributed by atoms with Gasteiger partial charge in [-0.3, -0.25) is 9.78 Å². The Hall–Kier alpha value is -2.60. The summed E-state index contributed by atoms with van der Waals surface area (Å²) in [5.41, 5.74) is 0.621. The number of allylic oxidation sites excluding steroid dienone is 1. The van der Waals surface area contributed by atoms with Crippen LogP contribution in [0.1, 0.15) is 31.4 Å². The van der Waals surface area contributed by atoms with Crippen LogP contribution in [-0.2, 0) is 25.8 Å². The SMILES string of the molecule is C=CCC(F)(F)S(=O)(=O)c1ccc(CC2CCN(C(=O)N3CCC4OCC(=O)NC4C3)CC2)nc1. The van der Waals surface area contributed by atoms with Crippen LogP contribution in [-0.4, -0.2) is 85.3 Å². The zero-order valence-electron chi connectivity index (χ0n) is 19.4. The summed E-state index contributed by atoms with van der Waals surface area (Å²) in [5.74, 6) is 0.0825. The molecule has 3 saturated heterocycles. The molecule has 0 saturated carbocycles. The van der Waals surface area contributed by atoms with Crippen LogP contribution in [0.4, 0.5) is 13.6 Å². The molecule has 9 nitrogen and oxygen atoms in total. The third-order valence-corrected chi connectivity index (χ3v) is 8.68. The molecule has 35 heavy (non-hydrogen) atoms. The Morgan fingerprint density at radius 2 is 1.94 bits per heavy atom. The molecule has 4 heterocycles. The molecule has 2 atom stereocenters. The maximum absolute atomic E-state index is 13.9. The molecule has 0 aromatic carbocycles. The third kappa shape index (κ3) is 5.48. The summed E-state index contributed by atoms with van der Waals surface area (Å²) in [4.78, 5) is 31.8. The number of aromatic nitrogens is 1. The second-order valence-corrected chi connectivity index (χ2v) is 11.4. The number of hydrogen-bond donors (Lipinski definition) is 1. The van der Waals surface area contributed by atoms with E-state index in [9.17, 15) is 26.8 Å². The van der Waals surface area contributed by atoms with Gasteiger partial charge in [-0.05, 0) is 43.7 Å². The summed E-state index contributed by atoms with van der Waals surface area (Å²) in [5, 5.41) is -1.03. The molecule has 1 aromatic heterocycles. The van der Waals surface area contributed by atoms with Crippen LogP contribution < -0.4 is 5.32 Å². The van der Waals surface area contributed by atoms with Crippen molar-refractivity contribution < 1.29 is 31.5 Å². The Bertz CT molecular complexity index is 1060. The number of piperidine rings is 2. The van der Waals surface area contributed by atoms with E-state index in [0.29, 0.717) is 44.7 Å². The number of fused-ring (bicyclic) bond motifs is 1. The number of urea groups is 1. The number of likely N-dealkylation sites (tertiary alicyclic amines) is 2. The minimum Gasteiger partial charge on any atom is -0.366 e. The summed E-state index contributed by atoms with van der Waals surface area (Å²) in [6.45, 7) is 5.43. The molecule has 12 heteroatoms. The monoisotopic (exact) mass is 512 g/mol. The number of rotatable bonds is 6. The van der Waals surface area contributed by atoms with Crippen molar-refractivity contribution in [3.05, 3.63) is 36.7 Å². The molecule has 3 amide bonds. The molecule has 1 N–H and O–H groups in total. The van der Waals surface area contributed by atoms with Crippen molar-refractivity contribution in [2.45, 2.75) is 54.4 Å². The molecule has 0 spiro atoms. The third-order valence-electron chi connectivity index (χ3n) is 6.86. The molecule has 192 valence electrons. The molecule has 0 radical (unpaired) electrons. The van der Waals surface area contributed by atoms with Crippen molar-refractivity contribution in [2.75, 3.05) is 32.8 Å². The molecule has 4 rings (SSSR count). The van der Waals surface area contributed by atoms with Crippen molar-refractivity contribution in [3.8, 4) is 0 Å². The Balaban J connectivity index is 1.28. The van der Waals surface area contributed by atoms with Gasteiger partial charge in [-0.1, -0.05) is 6.08 Å². The van der Waals surface area contributed by atoms with Gasteiger partial charge in [0, 0.05) is 44.5 Å². The van der Waals surface area contributed by atoms with Crippen molar-refractivity contribution in [3.63, 3.8) is 0 Å². The van der Waals surface area contributed by atoms with E-state index < -0.39 is 26.4 Å². The number of amides is 3. The normalized spacial score (nSPS) is 24.0. The number of ether oxygens (including phenoxy) is 1. The number of hydrogen-bond acceptors (Lipinski definition) is 6. The fraction of sp³-hybridized carbons (Fsp3) is 0.609. The van der Waals surface area contributed by atoms with Gasteiger partial charge < -0.3 is 19.9 Å². The molecule has 0 aliphatic carbocycles. The average Bonchev–Trinajstić information content (AvgIpc) is 2.84. The Labute approximate surface area is 203 Å². The molecule has 3 aliphatic rings. The highest BCUT2D eigenvalue weighted by Gasteiger charge is 2.45. The molecule has 1 aromatic rings. The number of sulfone groups is 1. The standard InChI is InChI=1S/C23H30F2N4O5S/c1-2-8-23(24,25)35(32,33)18-4-3-17(26-13-18)12-16-5-9-28(10-6-16)22(31)29-11-7-20-19(14-29)27-21(30)15-34-20/h2-4,13,16,19-20H,1,5-12,14-15H2,(H,27,30). The van der Waals surface area contributed by atoms with Crippen LogP contribution in [0.25, 0.3) is 0 Å². The number of nitrogens with one attached hydrogen (secondary N) is 1. The zero-order chi connectivity index (χ0) is 25.2. The Morgan fingerprint density at radius 1 is 1.23 bits per heavy atom. The predicted molar refractivity (Wildman–Crippen MR) is 122 cm³/mol. The van der Waals surface area contributed by atoms with E-state index in [1.165, 1.54) is 12.1 Å². The molecular weight excluding hydrogens is 482 g/mol. The first-order valence-corrected chi connectivity index (χ1v) is 13.2. The van der Waals surface area contributed by atoms with Crippen molar-refractivity contribution in [2.24, 2.45) is 5.92 Å². The van der Waals surface area contributed by atoms with E-state index in [1.54, 1.807) is 4.90 Å². The highest BCUT2D eigenvalue weighted by Crippen LogP contribution is 2.32. The molecule has 3 aliphatic heterocycles. The maximum Gasteiger partial charge on any atom is 0.353 e. The largest absolute Gasteiger partial charge is 0.366 e. The number of alkyl halides is 2. The van der Waals surface area contributed by atoms with Gasteiger partial charge in [0.25, 0.3) is 0 Å². The van der Waals surface area contributed by atoms with Gasteiger partial charge in [-0.25, -0.2) is 13.2 Å². The first kappa shape index (κ1) is 25.5. The van der Waals surface area contributed by atoms with E-state index >= 15 is 0 Å². The summed E-state index contributed by atoms with van der Waals surface area (Å²) in [7, 11) is -4.84. The van der Waals surface area contributed by atoms with E-state index in [-0.39, 0.29) is 36.6 Å². The van der Waals surface area contributed by atoms with Gasteiger partial charge in [0.1, 0.15) is 6.61 Å². The molecule has 3 fully saturated rings. The lowest BCUT2D eigenvalue weighted by Crippen LogP contribution is -2.62. The zero-order valence-corrected chi connectivity index (χ0v) is 20.2. The summed E-state index contributed by atoms with van der Waals surface area (Å²) < 4.78 is 57.8. The minimum atomic E-state index is -4.84. The van der Waals surface area contributed by atoms with Gasteiger partial charge in [0.05, 0.1) is 17.0 Å². The van der Waals surface area contributed by atoms with Gasteiger partial charge in [-0.2, -0.15) is 8.78 Å². The van der Waals surface area contributed by atoms with Crippen LogP contribution in [0, 0.1) is 5.92 Å². The molecule has 2 unspecified atom stereocenters. The lowest BCUT2D eigenvalue weighted by Gasteiger charge is -2.43. The van der Waals surface area contributed by atoms with Crippen LogP contribution in [0.3, 0.4) is 0 Å². The fourth-order valence-corrected chi connectivity index (χ4v) is 5.96. The lowest BCUT2D eigenvalue weighted by atomic mass is 9.92. The lowest BCUT2D eigenvalue weighted by molar-refractivity contribution is -0.139. The van der Waals surface area contributed by atoms with E-state index in [4.69, 9.17) is 4.74 Å². The van der Waals surface area contributed by atoms with Crippen LogP contribution >= 0.6 is 0 Å². The van der Waals surface area contributed by atoms with Gasteiger partial charge >= 0.3 is 11.3 Å². The van der Waals surface area contributed by atoms with Gasteiger partial charge in [0.2, 0.25) is 15.7 Å². The number of halogens is 2. The minimum absolute atomic E-state index is 0.0464. The smallest absolute Gasteiger partial charge is 0.353 e. The number of pyridine rings is 1. The number of carbonyl (C=O) groups excluding carboxylic acids is 2. The number of morpholine rings is 1. The van der Waals surface area contributed by atoms with E-state index in [2.05, 4.69) is 16.9 Å². The molecule has 0 bridgehead atoms. The van der Waals surface area contributed by atoms with Crippen LogP contribution in [0.5, 0.6) is 0 Å².